The smallest absolute Gasteiger partial charge is 0.232 e. The molecule has 0 spiro atoms. The van der Waals surface area contributed by atoms with Crippen molar-refractivity contribution < 1.29 is 9.53 Å². The van der Waals surface area contributed by atoms with Gasteiger partial charge >= 0.3 is 0 Å². The van der Waals surface area contributed by atoms with Gasteiger partial charge in [0.25, 0.3) is 0 Å². The van der Waals surface area contributed by atoms with E-state index in [2.05, 4.69) is 27.2 Å². The molecule has 0 atom stereocenters. The van der Waals surface area contributed by atoms with Crippen LogP contribution in [0.5, 0.6) is 5.75 Å². The second-order valence-electron chi connectivity index (χ2n) is 8.05. The number of nitrogens with one attached hydrogen (secondary N) is 1. The summed E-state index contributed by atoms with van der Waals surface area (Å²) in [4.78, 5) is 17.9. The molecule has 0 bridgehead atoms. The van der Waals surface area contributed by atoms with Crippen LogP contribution in [0.2, 0.25) is 0 Å². The Balaban J connectivity index is 1.31. The van der Waals surface area contributed by atoms with Gasteiger partial charge in [-0.2, -0.15) is 0 Å². The van der Waals surface area contributed by atoms with Gasteiger partial charge in [-0.3, -0.25) is 9.69 Å². The van der Waals surface area contributed by atoms with Crippen molar-refractivity contribution in [2.75, 3.05) is 51.3 Å². The van der Waals surface area contributed by atoms with Crippen LogP contribution in [-0.2, 0) is 4.79 Å². The van der Waals surface area contributed by atoms with Crippen LogP contribution >= 0.6 is 0 Å². The van der Waals surface area contributed by atoms with Crippen LogP contribution in [0.3, 0.4) is 0 Å². The highest BCUT2D eigenvalue weighted by molar-refractivity contribution is 5.87. The topological polar surface area (TPSA) is 44.8 Å². The van der Waals surface area contributed by atoms with E-state index in [4.69, 9.17) is 4.74 Å². The van der Waals surface area contributed by atoms with Crippen LogP contribution in [0.25, 0.3) is 0 Å². The molecule has 0 aliphatic carbocycles. The number of carbonyl (C=O) groups is 1. The summed E-state index contributed by atoms with van der Waals surface area (Å²) in [5, 5.41) is 3.17. The van der Waals surface area contributed by atoms with Gasteiger partial charge in [-0.25, -0.2) is 0 Å². The lowest BCUT2D eigenvalue weighted by Crippen LogP contribution is -2.48. The van der Waals surface area contributed by atoms with Gasteiger partial charge in [0.1, 0.15) is 5.75 Å². The molecule has 1 amide bonds. The monoisotopic (exact) mass is 429 g/mol. The number of benzene rings is 3. The average Bonchev–Trinajstić information content (AvgIpc) is 2.86. The van der Waals surface area contributed by atoms with Gasteiger partial charge in [0.15, 0.2) is 0 Å². The lowest BCUT2D eigenvalue weighted by molar-refractivity contribution is -0.121. The summed E-state index contributed by atoms with van der Waals surface area (Å²) in [6.07, 6.45) is 0. The van der Waals surface area contributed by atoms with E-state index >= 15 is 0 Å². The molecule has 1 saturated heterocycles. The Morgan fingerprint density at radius 2 is 1.41 bits per heavy atom. The second kappa shape index (κ2) is 10.8. The van der Waals surface area contributed by atoms with Gasteiger partial charge in [0.2, 0.25) is 5.91 Å². The zero-order chi connectivity index (χ0) is 22.2. The van der Waals surface area contributed by atoms with Crippen LogP contribution in [0.4, 0.5) is 5.69 Å². The summed E-state index contributed by atoms with van der Waals surface area (Å²) in [6.45, 7) is 5.32. The molecule has 0 unspecified atom stereocenters. The predicted molar refractivity (Wildman–Crippen MR) is 129 cm³/mol. The van der Waals surface area contributed by atoms with Crippen molar-refractivity contribution in [1.82, 2.24) is 10.2 Å². The maximum absolute atomic E-state index is 13.1. The minimum atomic E-state index is -0.292. The molecule has 1 N–H and O–H groups in total. The van der Waals surface area contributed by atoms with Crippen molar-refractivity contribution in [1.29, 1.82) is 0 Å². The minimum Gasteiger partial charge on any atom is -0.495 e. The molecule has 3 aromatic rings. The summed E-state index contributed by atoms with van der Waals surface area (Å²) in [5.41, 5.74) is 3.18. The molecule has 1 aliphatic heterocycles. The van der Waals surface area contributed by atoms with Crippen LogP contribution in [-0.4, -0.2) is 57.2 Å². The van der Waals surface area contributed by atoms with Crippen LogP contribution in [0, 0.1) is 0 Å². The first-order valence-electron chi connectivity index (χ1n) is 11.2. The third-order valence-electron chi connectivity index (χ3n) is 6.05. The SMILES string of the molecule is COc1ccccc1N1CCN(CCNC(=O)C(c2ccccc2)c2ccccc2)CC1. The number of piperazine rings is 1. The summed E-state index contributed by atoms with van der Waals surface area (Å²) in [5.74, 6) is 0.677. The van der Waals surface area contributed by atoms with Crippen molar-refractivity contribution >= 4 is 11.6 Å². The maximum atomic E-state index is 13.1. The number of para-hydroxylation sites is 2. The van der Waals surface area contributed by atoms with E-state index in [1.165, 1.54) is 0 Å². The minimum absolute atomic E-state index is 0.0510. The lowest BCUT2D eigenvalue weighted by Gasteiger charge is -2.36. The quantitative estimate of drug-likeness (QED) is 0.592. The number of nitrogens with zero attached hydrogens (tertiary/aromatic N) is 2. The van der Waals surface area contributed by atoms with Crippen molar-refractivity contribution in [2.24, 2.45) is 0 Å². The standard InChI is InChI=1S/C27H31N3O2/c1-32-25-15-9-8-14-24(25)30-20-18-29(19-21-30)17-16-28-27(31)26(22-10-4-2-5-11-22)23-12-6-3-7-13-23/h2-15,26H,16-21H2,1H3,(H,28,31). The molecule has 5 heteroatoms. The molecule has 1 heterocycles. The molecule has 0 radical (unpaired) electrons. The fourth-order valence-corrected chi connectivity index (χ4v) is 4.33. The highest BCUT2D eigenvalue weighted by Crippen LogP contribution is 2.28. The van der Waals surface area contributed by atoms with E-state index in [9.17, 15) is 4.79 Å². The molecule has 32 heavy (non-hydrogen) atoms. The molecule has 166 valence electrons. The molecule has 1 aliphatic rings. The Morgan fingerprint density at radius 1 is 0.844 bits per heavy atom. The number of hydrogen-bond acceptors (Lipinski definition) is 4. The third kappa shape index (κ3) is 5.29. The summed E-state index contributed by atoms with van der Waals surface area (Å²) < 4.78 is 5.51. The van der Waals surface area contributed by atoms with Gasteiger partial charge < -0.3 is 15.0 Å². The summed E-state index contributed by atoms with van der Waals surface area (Å²) >= 11 is 0. The van der Waals surface area contributed by atoms with Crippen molar-refractivity contribution in [2.45, 2.75) is 5.92 Å². The first-order chi connectivity index (χ1) is 15.8. The molecule has 0 aromatic heterocycles. The van der Waals surface area contributed by atoms with Crippen molar-refractivity contribution in [3.8, 4) is 5.75 Å². The lowest BCUT2D eigenvalue weighted by atomic mass is 9.90. The Hall–Kier alpha value is -3.31. The highest BCUT2D eigenvalue weighted by atomic mass is 16.5. The molecule has 5 nitrogen and oxygen atoms in total. The number of ether oxygens (including phenoxy) is 1. The maximum Gasteiger partial charge on any atom is 0.232 e. The van der Waals surface area contributed by atoms with Gasteiger partial charge in [-0.15, -0.1) is 0 Å². The number of methoxy groups -OCH3 is 1. The third-order valence-corrected chi connectivity index (χ3v) is 6.05. The molecular formula is C27H31N3O2. The molecular weight excluding hydrogens is 398 g/mol. The first-order valence-corrected chi connectivity index (χ1v) is 11.2. The normalized spacial score (nSPS) is 14.4. The van der Waals surface area contributed by atoms with Gasteiger partial charge in [-0.1, -0.05) is 72.8 Å². The van der Waals surface area contributed by atoms with Gasteiger partial charge in [0.05, 0.1) is 18.7 Å². The fraction of sp³-hybridized carbons (Fsp3) is 0.296. The number of anilines is 1. The Labute approximate surface area is 190 Å². The Kier molecular flexibility index (Phi) is 7.41. The highest BCUT2D eigenvalue weighted by Gasteiger charge is 2.23. The molecule has 1 fully saturated rings. The zero-order valence-corrected chi connectivity index (χ0v) is 18.6. The number of hydrogen-bond donors (Lipinski definition) is 1. The largest absolute Gasteiger partial charge is 0.495 e. The Morgan fingerprint density at radius 3 is 2.00 bits per heavy atom. The predicted octanol–water partition coefficient (Wildman–Crippen LogP) is 3.77. The van der Waals surface area contributed by atoms with Gasteiger partial charge in [0, 0.05) is 39.3 Å². The van der Waals surface area contributed by atoms with E-state index in [-0.39, 0.29) is 11.8 Å². The van der Waals surface area contributed by atoms with E-state index in [0.717, 1.165) is 55.3 Å². The summed E-state index contributed by atoms with van der Waals surface area (Å²) in [7, 11) is 1.72. The molecule has 3 aromatic carbocycles. The number of rotatable bonds is 8. The van der Waals surface area contributed by atoms with Crippen LogP contribution < -0.4 is 15.0 Å². The summed E-state index contributed by atoms with van der Waals surface area (Å²) in [6, 6.07) is 28.2. The number of carbonyl (C=O) groups excluding carboxylic acids is 1. The average molecular weight is 430 g/mol. The van der Waals surface area contributed by atoms with E-state index in [1.807, 2.05) is 72.8 Å². The van der Waals surface area contributed by atoms with Crippen molar-refractivity contribution in [3.05, 3.63) is 96.1 Å². The second-order valence-corrected chi connectivity index (χ2v) is 8.05. The van der Waals surface area contributed by atoms with Crippen LogP contribution in [0.15, 0.2) is 84.9 Å². The molecule has 4 rings (SSSR count). The van der Waals surface area contributed by atoms with Crippen molar-refractivity contribution in [3.63, 3.8) is 0 Å². The molecule has 0 saturated carbocycles. The fourth-order valence-electron chi connectivity index (χ4n) is 4.33. The Bertz CT molecular complexity index is 947. The van der Waals surface area contributed by atoms with E-state index < -0.39 is 0 Å². The van der Waals surface area contributed by atoms with Gasteiger partial charge in [-0.05, 0) is 23.3 Å². The zero-order valence-electron chi connectivity index (χ0n) is 18.6. The van der Waals surface area contributed by atoms with E-state index in [0.29, 0.717) is 6.54 Å². The van der Waals surface area contributed by atoms with Crippen LogP contribution in [0.1, 0.15) is 17.0 Å². The number of amides is 1. The first kappa shape index (κ1) is 21.9. The van der Waals surface area contributed by atoms with E-state index in [1.54, 1.807) is 7.11 Å².